The number of aryl methyl sites for hydroxylation is 2. The van der Waals surface area contributed by atoms with E-state index in [0.717, 1.165) is 54.1 Å². The molecule has 2 heterocycles. The van der Waals surface area contributed by atoms with E-state index in [1.165, 1.54) is 0 Å². The van der Waals surface area contributed by atoms with Crippen molar-refractivity contribution in [2.45, 2.75) is 45.8 Å². The van der Waals surface area contributed by atoms with Gasteiger partial charge < -0.3 is 20.1 Å². The van der Waals surface area contributed by atoms with Crippen LogP contribution in [0.25, 0.3) is 0 Å². The minimum atomic E-state index is 0. The summed E-state index contributed by atoms with van der Waals surface area (Å²) in [4.78, 5) is 8.92. The van der Waals surface area contributed by atoms with Gasteiger partial charge in [-0.25, -0.2) is 9.67 Å². The summed E-state index contributed by atoms with van der Waals surface area (Å²) in [5, 5.41) is 11.3. The fraction of sp³-hybridized carbons (Fsp3) is 0.526. The first kappa shape index (κ1) is 22.3. The SMILES string of the molecule is CCOc1cc(CNC(=NC)NC2CCCn3nc(C)nc32)ccc1OC.I. The van der Waals surface area contributed by atoms with Crippen molar-refractivity contribution in [1.29, 1.82) is 0 Å². The zero-order chi connectivity index (χ0) is 19.2. The largest absolute Gasteiger partial charge is 0.493 e. The van der Waals surface area contributed by atoms with E-state index in [2.05, 4.69) is 25.7 Å². The number of hydrogen-bond acceptors (Lipinski definition) is 5. The number of halogens is 1. The van der Waals surface area contributed by atoms with Crippen LogP contribution in [-0.2, 0) is 13.1 Å². The number of nitrogens with zero attached hydrogens (tertiary/aromatic N) is 4. The molecule has 3 rings (SSSR count). The lowest BCUT2D eigenvalue weighted by molar-refractivity contribution is 0.310. The molecule has 0 aliphatic carbocycles. The molecule has 1 aromatic carbocycles. The van der Waals surface area contributed by atoms with Crippen LogP contribution in [0.1, 0.15) is 43.0 Å². The van der Waals surface area contributed by atoms with E-state index in [-0.39, 0.29) is 30.0 Å². The second-order valence-electron chi connectivity index (χ2n) is 6.42. The Hall–Kier alpha value is -2.04. The van der Waals surface area contributed by atoms with E-state index < -0.39 is 0 Å². The van der Waals surface area contributed by atoms with E-state index in [1.54, 1.807) is 14.2 Å². The van der Waals surface area contributed by atoms with Crippen LogP contribution < -0.4 is 20.1 Å². The predicted molar refractivity (Wildman–Crippen MR) is 120 cm³/mol. The molecule has 0 saturated heterocycles. The minimum Gasteiger partial charge on any atom is -0.493 e. The Labute approximate surface area is 183 Å². The van der Waals surface area contributed by atoms with Crippen molar-refractivity contribution in [3.05, 3.63) is 35.4 Å². The Balaban J connectivity index is 0.00000280. The van der Waals surface area contributed by atoms with Gasteiger partial charge in [0.15, 0.2) is 17.5 Å². The van der Waals surface area contributed by atoms with E-state index in [4.69, 9.17) is 9.47 Å². The van der Waals surface area contributed by atoms with Crippen molar-refractivity contribution in [2.75, 3.05) is 20.8 Å². The summed E-state index contributed by atoms with van der Waals surface area (Å²) in [6.45, 7) is 6.03. The quantitative estimate of drug-likeness (QED) is 0.361. The molecule has 0 spiro atoms. The lowest BCUT2D eigenvalue weighted by Crippen LogP contribution is -2.41. The molecule has 1 unspecified atom stereocenters. The number of methoxy groups -OCH3 is 1. The van der Waals surface area contributed by atoms with Gasteiger partial charge in [-0.2, -0.15) is 5.10 Å². The second kappa shape index (κ2) is 10.5. The van der Waals surface area contributed by atoms with Gasteiger partial charge in [0.05, 0.1) is 19.8 Å². The fourth-order valence-corrected chi connectivity index (χ4v) is 3.25. The Morgan fingerprint density at radius 3 is 2.89 bits per heavy atom. The molecule has 1 aliphatic heterocycles. The van der Waals surface area contributed by atoms with Gasteiger partial charge in [-0.3, -0.25) is 4.99 Å². The Morgan fingerprint density at radius 1 is 1.36 bits per heavy atom. The van der Waals surface area contributed by atoms with Crippen molar-refractivity contribution >= 4 is 29.9 Å². The molecule has 0 radical (unpaired) electrons. The Kier molecular flexibility index (Phi) is 8.34. The van der Waals surface area contributed by atoms with E-state index in [1.807, 2.05) is 36.7 Å². The van der Waals surface area contributed by atoms with Crippen LogP contribution >= 0.6 is 24.0 Å². The van der Waals surface area contributed by atoms with Crippen LogP contribution in [0.3, 0.4) is 0 Å². The van der Waals surface area contributed by atoms with Gasteiger partial charge in [-0.15, -0.1) is 24.0 Å². The summed E-state index contributed by atoms with van der Waals surface area (Å²) in [7, 11) is 3.42. The lowest BCUT2D eigenvalue weighted by Gasteiger charge is -2.25. The van der Waals surface area contributed by atoms with Gasteiger partial charge in [-0.1, -0.05) is 6.07 Å². The number of benzene rings is 1. The molecule has 0 amide bonds. The monoisotopic (exact) mass is 500 g/mol. The number of aromatic nitrogens is 3. The number of ether oxygens (including phenoxy) is 2. The standard InChI is InChI=1S/C19H28N6O2.HI/c1-5-27-17-11-14(8-9-16(17)26-4)12-21-19(20-3)23-15-7-6-10-25-18(15)22-13(2)24-25;/h8-9,11,15H,5-7,10,12H2,1-4H3,(H2,20,21,23);1H. The Bertz CT molecular complexity index is 808. The summed E-state index contributed by atoms with van der Waals surface area (Å²) in [5.74, 6) is 4.01. The smallest absolute Gasteiger partial charge is 0.191 e. The highest BCUT2D eigenvalue weighted by atomic mass is 127. The highest BCUT2D eigenvalue weighted by molar-refractivity contribution is 14.0. The molecule has 0 bridgehead atoms. The van der Waals surface area contributed by atoms with E-state index in [0.29, 0.717) is 13.2 Å². The molecule has 2 aromatic rings. The van der Waals surface area contributed by atoms with Crippen LogP contribution in [0.4, 0.5) is 0 Å². The van der Waals surface area contributed by atoms with Crippen molar-refractivity contribution in [1.82, 2.24) is 25.4 Å². The van der Waals surface area contributed by atoms with Gasteiger partial charge in [-0.05, 0) is 44.4 Å². The maximum absolute atomic E-state index is 5.65. The maximum Gasteiger partial charge on any atom is 0.191 e. The van der Waals surface area contributed by atoms with E-state index >= 15 is 0 Å². The average Bonchev–Trinajstić information content (AvgIpc) is 3.06. The van der Waals surface area contributed by atoms with Gasteiger partial charge in [0.2, 0.25) is 0 Å². The van der Waals surface area contributed by atoms with Gasteiger partial charge in [0.25, 0.3) is 0 Å². The summed E-state index contributed by atoms with van der Waals surface area (Å²) in [6.07, 6.45) is 2.08. The molecule has 9 heteroatoms. The van der Waals surface area contributed by atoms with Crippen LogP contribution in [0.2, 0.25) is 0 Å². The topological polar surface area (TPSA) is 85.6 Å². The van der Waals surface area contributed by atoms with Crippen molar-refractivity contribution in [3.8, 4) is 11.5 Å². The number of guanidine groups is 1. The van der Waals surface area contributed by atoms with Gasteiger partial charge in [0, 0.05) is 20.1 Å². The van der Waals surface area contributed by atoms with Gasteiger partial charge in [0.1, 0.15) is 11.6 Å². The Morgan fingerprint density at radius 2 is 2.18 bits per heavy atom. The lowest BCUT2D eigenvalue weighted by atomic mass is 10.1. The third kappa shape index (κ3) is 5.27. The van der Waals surface area contributed by atoms with Crippen molar-refractivity contribution < 1.29 is 9.47 Å². The summed E-state index contributed by atoms with van der Waals surface area (Å²) in [5.41, 5.74) is 1.09. The molecule has 8 nitrogen and oxygen atoms in total. The molecule has 28 heavy (non-hydrogen) atoms. The number of fused-ring (bicyclic) bond motifs is 1. The highest BCUT2D eigenvalue weighted by Crippen LogP contribution is 2.28. The summed E-state index contributed by atoms with van der Waals surface area (Å²) >= 11 is 0. The van der Waals surface area contributed by atoms with Crippen LogP contribution in [0.5, 0.6) is 11.5 Å². The summed E-state index contributed by atoms with van der Waals surface area (Å²) < 4.78 is 13.0. The molecular weight excluding hydrogens is 471 g/mol. The van der Waals surface area contributed by atoms with Crippen molar-refractivity contribution in [2.24, 2.45) is 4.99 Å². The van der Waals surface area contributed by atoms with Gasteiger partial charge >= 0.3 is 0 Å². The highest BCUT2D eigenvalue weighted by Gasteiger charge is 2.24. The first-order chi connectivity index (χ1) is 13.1. The molecule has 0 saturated carbocycles. The predicted octanol–water partition coefficient (Wildman–Crippen LogP) is 2.81. The minimum absolute atomic E-state index is 0. The third-order valence-electron chi connectivity index (χ3n) is 4.50. The third-order valence-corrected chi connectivity index (χ3v) is 4.50. The average molecular weight is 500 g/mol. The first-order valence-electron chi connectivity index (χ1n) is 9.32. The molecule has 2 N–H and O–H groups in total. The zero-order valence-corrected chi connectivity index (χ0v) is 19.2. The number of aliphatic imine (C=N–C) groups is 1. The number of hydrogen-bond donors (Lipinski definition) is 2. The molecular formula is C19H29IN6O2. The second-order valence-corrected chi connectivity index (χ2v) is 6.42. The van der Waals surface area contributed by atoms with Crippen LogP contribution in [0.15, 0.2) is 23.2 Å². The zero-order valence-electron chi connectivity index (χ0n) is 16.9. The maximum atomic E-state index is 5.65. The normalized spacial score (nSPS) is 16.0. The fourth-order valence-electron chi connectivity index (χ4n) is 3.25. The van der Waals surface area contributed by atoms with Crippen molar-refractivity contribution in [3.63, 3.8) is 0 Å². The number of nitrogens with one attached hydrogen (secondary N) is 2. The van der Waals surface area contributed by atoms with Crippen LogP contribution in [0, 0.1) is 6.92 Å². The molecule has 1 aromatic heterocycles. The summed E-state index contributed by atoms with van der Waals surface area (Å²) in [6, 6.07) is 6.04. The van der Waals surface area contributed by atoms with Crippen LogP contribution in [-0.4, -0.2) is 41.5 Å². The molecule has 154 valence electrons. The molecule has 1 atom stereocenters. The molecule has 1 aliphatic rings. The number of rotatable bonds is 6. The first-order valence-corrected chi connectivity index (χ1v) is 9.32. The molecule has 0 fully saturated rings. The van der Waals surface area contributed by atoms with E-state index in [9.17, 15) is 0 Å².